The zero-order valence-electron chi connectivity index (χ0n) is 9.97. The first-order valence-electron chi connectivity index (χ1n) is 5.62. The van der Waals surface area contributed by atoms with Crippen molar-refractivity contribution in [2.45, 2.75) is 19.8 Å². The van der Waals surface area contributed by atoms with Gasteiger partial charge in [-0.1, -0.05) is 24.9 Å². The standard InChI is InChI=1S/C12H15BrClFN2O/c1-2-7(6-16)3-11(18)17-12-9(13)4-8(15)5-10(12)14/h4-5,7H,2-3,6,16H2,1H3,(H,17,18). The topological polar surface area (TPSA) is 55.1 Å². The van der Waals surface area contributed by atoms with Crippen molar-refractivity contribution in [3.63, 3.8) is 0 Å². The quantitative estimate of drug-likeness (QED) is 0.863. The average molecular weight is 338 g/mol. The minimum absolute atomic E-state index is 0.142. The second kappa shape index (κ2) is 7.07. The van der Waals surface area contributed by atoms with E-state index in [0.29, 0.717) is 23.1 Å². The Morgan fingerprint density at radius 2 is 2.28 bits per heavy atom. The van der Waals surface area contributed by atoms with Crippen LogP contribution in [0.25, 0.3) is 0 Å². The molecule has 1 rings (SSSR count). The second-order valence-electron chi connectivity index (χ2n) is 4.01. The number of amides is 1. The molecule has 0 bridgehead atoms. The van der Waals surface area contributed by atoms with Crippen LogP contribution in [0.1, 0.15) is 19.8 Å². The van der Waals surface area contributed by atoms with Gasteiger partial charge >= 0.3 is 0 Å². The fraction of sp³-hybridized carbons (Fsp3) is 0.417. The van der Waals surface area contributed by atoms with Crippen molar-refractivity contribution in [3.8, 4) is 0 Å². The van der Waals surface area contributed by atoms with Crippen LogP contribution in [0.15, 0.2) is 16.6 Å². The third-order valence-electron chi connectivity index (χ3n) is 2.66. The maximum Gasteiger partial charge on any atom is 0.224 e. The largest absolute Gasteiger partial charge is 0.330 e. The summed E-state index contributed by atoms with van der Waals surface area (Å²) < 4.78 is 13.4. The van der Waals surface area contributed by atoms with Crippen molar-refractivity contribution < 1.29 is 9.18 Å². The zero-order chi connectivity index (χ0) is 13.7. The van der Waals surface area contributed by atoms with Crippen molar-refractivity contribution in [1.29, 1.82) is 0 Å². The molecule has 0 aromatic heterocycles. The zero-order valence-corrected chi connectivity index (χ0v) is 12.3. The molecule has 0 fully saturated rings. The Balaban J connectivity index is 2.76. The summed E-state index contributed by atoms with van der Waals surface area (Å²) in [6.45, 7) is 2.44. The van der Waals surface area contributed by atoms with Crippen LogP contribution < -0.4 is 11.1 Å². The molecule has 0 spiro atoms. The van der Waals surface area contributed by atoms with Gasteiger partial charge in [-0.3, -0.25) is 4.79 Å². The van der Waals surface area contributed by atoms with Crippen LogP contribution in [0.4, 0.5) is 10.1 Å². The Kier molecular flexibility index (Phi) is 6.05. The van der Waals surface area contributed by atoms with Crippen LogP contribution in [0, 0.1) is 11.7 Å². The minimum Gasteiger partial charge on any atom is -0.330 e. The molecular formula is C12H15BrClFN2O. The van der Waals surface area contributed by atoms with Gasteiger partial charge in [0.25, 0.3) is 0 Å². The van der Waals surface area contributed by atoms with Crippen molar-refractivity contribution in [1.82, 2.24) is 0 Å². The number of nitrogens with two attached hydrogens (primary N) is 1. The molecule has 0 radical (unpaired) electrons. The fourth-order valence-electron chi connectivity index (χ4n) is 1.51. The molecule has 1 aromatic rings. The van der Waals surface area contributed by atoms with Gasteiger partial charge in [-0.05, 0) is 40.5 Å². The number of hydrogen-bond acceptors (Lipinski definition) is 2. The number of rotatable bonds is 5. The Morgan fingerprint density at radius 3 is 2.78 bits per heavy atom. The van der Waals surface area contributed by atoms with E-state index in [4.69, 9.17) is 17.3 Å². The average Bonchev–Trinajstić information content (AvgIpc) is 2.30. The molecule has 3 N–H and O–H groups in total. The third kappa shape index (κ3) is 4.23. The lowest BCUT2D eigenvalue weighted by Crippen LogP contribution is -2.22. The van der Waals surface area contributed by atoms with Crippen molar-refractivity contribution in [2.24, 2.45) is 11.7 Å². The molecule has 6 heteroatoms. The summed E-state index contributed by atoms with van der Waals surface area (Å²) >= 11 is 9.04. The van der Waals surface area contributed by atoms with E-state index >= 15 is 0 Å². The molecule has 3 nitrogen and oxygen atoms in total. The SMILES string of the molecule is CCC(CN)CC(=O)Nc1c(Cl)cc(F)cc1Br. The van der Waals surface area contributed by atoms with Crippen LogP contribution in [-0.2, 0) is 4.79 Å². The number of carbonyl (C=O) groups excluding carboxylic acids is 1. The fourth-order valence-corrected chi connectivity index (χ4v) is 2.41. The van der Waals surface area contributed by atoms with Gasteiger partial charge in [0.05, 0.1) is 10.7 Å². The van der Waals surface area contributed by atoms with Crippen molar-refractivity contribution in [3.05, 3.63) is 27.4 Å². The highest BCUT2D eigenvalue weighted by Gasteiger charge is 2.14. The van der Waals surface area contributed by atoms with Crippen LogP contribution >= 0.6 is 27.5 Å². The number of anilines is 1. The van der Waals surface area contributed by atoms with Crippen LogP contribution in [-0.4, -0.2) is 12.5 Å². The van der Waals surface area contributed by atoms with E-state index in [1.54, 1.807) is 0 Å². The summed E-state index contributed by atoms with van der Waals surface area (Å²) in [4.78, 5) is 11.8. The smallest absolute Gasteiger partial charge is 0.224 e. The molecule has 100 valence electrons. The predicted molar refractivity (Wildman–Crippen MR) is 75.2 cm³/mol. The van der Waals surface area contributed by atoms with Gasteiger partial charge in [0, 0.05) is 10.9 Å². The summed E-state index contributed by atoms with van der Waals surface area (Å²) in [6, 6.07) is 2.41. The van der Waals surface area contributed by atoms with Gasteiger partial charge in [0.15, 0.2) is 0 Å². The molecule has 18 heavy (non-hydrogen) atoms. The first-order chi connectivity index (χ1) is 8.47. The van der Waals surface area contributed by atoms with Crippen molar-refractivity contribution >= 4 is 39.1 Å². The monoisotopic (exact) mass is 336 g/mol. The van der Waals surface area contributed by atoms with E-state index in [-0.39, 0.29) is 16.8 Å². The van der Waals surface area contributed by atoms with E-state index < -0.39 is 5.82 Å². The first-order valence-corrected chi connectivity index (χ1v) is 6.79. The Labute approximate surface area is 119 Å². The lowest BCUT2D eigenvalue weighted by atomic mass is 10.0. The number of benzene rings is 1. The summed E-state index contributed by atoms with van der Waals surface area (Å²) in [5.74, 6) is -0.497. The molecule has 0 saturated carbocycles. The van der Waals surface area contributed by atoms with Gasteiger partial charge in [0.2, 0.25) is 5.91 Å². The molecule has 1 aromatic carbocycles. The van der Waals surface area contributed by atoms with E-state index in [0.717, 1.165) is 12.5 Å². The maximum atomic E-state index is 13.0. The molecule has 0 aliphatic carbocycles. The van der Waals surface area contributed by atoms with Gasteiger partial charge in [0.1, 0.15) is 5.82 Å². The van der Waals surface area contributed by atoms with Gasteiger partial charge in [-0.15, -0.1) is 0 Å². The minimum atomic E-state index is -0.460. The van der Waals surface area contributed by atoms with Crippen molar-refractivity contribution in [2.75, 3.05) is 11.9 Å². The summed E-state index contributed by atoms with van der Waals surface area (Å²) in [6.07, 6.45) is 1.16. The van der Waals surface area contributed by atoms with E-state index in [1.165, 1.54) is 6.07 Å². The molecule has 0 aliphatic rings. The third-order valence-corrected chi connectivity index (χ3v) is 3.58. The molecule has 0 aliphatic heterocycles. The highest BCUT2D eigenvalue weighted by atomic mass is 79.9. The Hall–Kier alpha value is -0.650. The lowest BCUT2D eigenvalue weighted by Gasteiger charge is -2.13. The number of nitrogens with one attached hydrogen (secondary N) is 1. The summed E-state index contributed by atoms with van der Waals surface area (Å²) in [5.41, 5.74) is 5.92. The van der Waals surface area contributed by atoms with Crippen LogP contribution in [0.5, 0.6) is 0 Å². The number of carbonyl (C=O) groups is 1. The van der Waals surface area contributed by atoms with Gasteiger partial charge in [-0.25, -0.2) is 4.39 Å². The molecule has 0 saturated heterocycles. The molecular weight excluding hydrogens is 322 g/mol. The first kappa shape index (κ1) is 15.4. The highest BCUT2D eigenvalue weighted by Crippen LogP contribution is 2.31. The van der Waals surface area contributed by atoms with E-state index in [2.05, 4.69) is 21.2 Å². The molecule has 0 heterocycles. The molecule has 1 atom stereocenters. The van der Waals surface area contributed by atoms with Crippen LogP contribution in [0.3, 0.4) is 0 Å². The van der Waals surface area contributed by atoms with Gasteiger partial charge < -0.3 is 11.1 Å². The Morgan fingerprint density at radius 1 is 1.61 bits per heavy atom. The second-order valence-corrected chi connectivity index (χ2v) is 5.27. The predicted octanol–water partition coefficient (Wildman–Crippen LogP) is 3.56. The highest BCUT2D eigenvalue weighted by molar-refractivity contribution is 9.10. The normalized spacial score (nSPS) is 12.3. The molecule has 1 unspecified atom stereocenters. The van der Waals surface area contributed by atoms with E-state index in [1.807, 2.05) is 6.92 Å². The lowest BCUT2D eigenvalue weighted by molar-refractivity contribution is -0.117. The molecule has 1 amide bonds. The van der Waals surface area contributed by atoms with Gasteiger partial charge in [-0.2, -0.15) is 0 Å². The maximum absolute atomic E-state index is 13.0. The Bertz CT molecular complexity index is 415. The summed E-state index contributed by atoms with van der Waals surface area (Å²) in [5, 5.41) is 2.83. The number of halogens is 3. The number of hydrogen-bond donors (Lipinski definition) is 2. The van der Waals surface area contributed by atoms with E-state index in [9.17, 15) is 9.18 Å². The van der Waals surface area contributed by atoms with Crippen LogP contribution in [0.2, 0.25) is 5.02 Å². The summed E-state index contributed by atoms with van der Waals surface area (Å²) in [7, 11) is 0.